The number of anilines is 1. The van der Waals surface area contributed by atoms with Crippen LogP contribution < -0.4 is 10.0 Å². The summed E-state index contributed by atoms with van der Waals surface area (Å²) in [6, 6.07) is 5.86. The molecule has 5 nitrogen and oxygen atoms in total. The number of fused-ring (bicyclic) bond motifs is 1. The first-order valence-electron chi connectivity index (χ1n) is 7.54. The molecule has 124 valence electrons. The summed E-state index contributed by atoms with van der Waals surface area (Å²) in [4.78, 5) is 0. The first-order chi connectivity index (χ1) is 10.1. The predicted molar refractivity (Wildman–Crippen MR) is 90.0 cm³/mol. The molecule has 22 heavy (non-hydrogen) atoms. The van der Waals surface area contributed by atoms with Gasteiger partial charge in [0.15, 0.2) is 0 Å². The number of nitrogens with two attached hydrogens (primary N) is 1. The zero-order chi connectivity index (χ0) is 14.9. The Morgan fingerprint density at radius 1 is 1.32 bits per heavy atom. The molecular weight excluding hydrogens is 324 g/mol. The van der Waals surface area contributed by atoms with Gasteiger partial charge in [0.2, 0.25) is 10.0 Å². The van der Waals surface area contributed by atoms with E-state index < -0.39 is 15.3 Å². The number of rotatable bonds is 3. The van der Waals surface area contributed by atoms with Crippen LogP contribution in [0.5, 0.6) is 0 Å². The Morgan fingerprint density at radius 2 is 2.14 bits per heavy atom. The molecule has 0 radical (unpaired) electrons. The summed E-state index contributed by atoms with van der Waals surface area (Å²) in [6.07, 6.45) is 3.27. The highest BCUT2D eigenvalue weighted by atomic mass is 35.5. The lowest BCUT2D eigenvalue weighted by Crippen LogP contribution is -2.44. The van der Waals surface area contributed by atoms with Gasteiger partial charge >= 0.3 is 0 Å². The first kappa shape index (κ1) is 17.5. The lowest BCUT2D eigenvalue weighted by atomic mass is 10.0. The molecule has 0 amide bonds. The van der Waals surface area contributed by atoms with Crippen molar-refractivity contribution in [2.24, 2.45) is 5.73 Å². The van der Waals surface area contributed by atoms with Crippen molar-refractivity contribution in [2.75, 3.05) is 24.1 Å². The maximum Gasteiger partial charge on any atom is 0.240 e. The van der Waals surface area contributed by atoms with Crippen molar-refractivity contribution < 1.29 is 13.2 Å². The maximum absolute atomic E-state index is 12.9. The monoisotopic (exact) mass is 346 g/mol. The van der Waals surface area contributed by atoms with E-state index in [2.05, 4.69) is 0 Å². The van der Waals surface area contributed by atoms with Gasteiger partial charge in [-0.25, -0.2) is 8.42 Å². The van der Waals surface area contributed by atoms with Gasteiger partial charge in [-0.05, 0) is 42.9 Å². The van der Waals surface area contributed by atoms with Crippen molar-refractivity contribution in [3.05, 3.63) is 29.3 Å². The fourth-order valence-corrected chi connectivity index (χ4v) is 5.06. The smallest absolute Gasteiger partial charge is 0.240 e. The van der Waals surface area contributed by atoms with Gasteiger partial charge in [-0.15, -0.1) is 12.4 Å². The SMILES string of the molecule is Cl.NCc1ccc2c(c1)CCCN2S(=O)(=O)C1CCCOC1. The van der Waals surface area contributed by atoms with E-state index in [9.17, 15) is 8.42 Å². The summed E-state index contributed by atoms with van der Waals surface area (Å²) in [5.74, 6) is 0. The number of hydrogen-bond donors (Lipinski definition) is 1. The van der Waals surface area contributed by atoms with Crippen LogP contribution in [0, 0.1) is 0 Å². The molecule has 0 saturated carbocycles. The van der Waals surface area contributed by atoms with Gasteiger partial charge in [-0.3, -0.25) is 4.31 Å². The van der Waals surface area contributed by atoms with E-state index >= 15 is 0 Å². The van der Waals surface area contributed by atoms with Crippen LogP contribution in [0.15, 0.2) is 18.2 Å². The summed E-state index contributed by atoms with van der Waals surface area (Å²) in [7, 11) is -3.34. The molecule has 0 aliphatic carbocycles. The predicted octanol–water partition coefficient (Wildman–Crippen LogP) is 1.83. The molecule has 0 aromatic heterocycles. The topological polar surface area (TPSA) is 72.6 Å². The van der Waals surface area contributed by atoms with E-state index in [1.54, 1.807) is 4.31 Å². The van der Waals surface area contributed by atoms with Crippen LogP contribution in [0.1, 0.15) is 30.4 Å². The Morgan fingerprint density at radius 3 is 2.82 bits per heavy atom. The molecule has 1 fully saturated rings. The van der Waals surface area contributed by atoms with Crippen LogP contribution >= 0.6 is 12.4 Å². The minimum atomic E-state index is -3.34. The third kappa shape index (κ3) is 3.25. The number of benzene rings is 1. The average Bonchev–Trinajstić information content (AvgIpc) is 2.54. The summed E-state index contributed by atoms with van der Waals surface area (Å²) >= 11 is 0. The van der Waals surface area contributed by atoms with E-state index in [-0.39, 0.29) is 12.4 Å². The van der Waals surface area contributed by atoms with Crippen LogP contribution in [0.3, 0.4) is 0 Å². The third-order valence-corrected chi connectivity index (χ3v) is 6.51. The lowest BCUT2D eigenvalue weighted by molar-refractivity contribution is 0.0990. The molecule has 7 heteroatoms. The van der Waals surface area contributed by atoms with Gasteiger partial charge in [-0.1, -0.05) is 12.1 Å². The molecule has 1 aromatic rings. The highest BCUT2D eigenvalue weighted by Crippen LogP contribution is 2.32. The Labute approximate surface area is 138 Å². The summed E-state index contributed by atoms with van der Waals surface area (Å²) < 4.78 is 32.7. The van der Waals surface area contributed by atoms with E-state index in [4.69, 9.17) is 10.5 Å². The normalized spacial score (nSPS) is 21.9. The second kappa shape index (κ2) is 7.17. The second-order valence-corrected chi connectivity index (χ2v) is 7.86. The fourth-order valence-electron chi connectivity index (χ4n) is 3.13. The molecule has 1 saturated heterocycles. The molecule has 0 bridgehead atoms. The van der Waals surface area contributed by atoms with Crippen molar-refractivity contribution >= 4 is 28.1 Å². The molecule has 2 N–H and O–H groups in total. The first-order valence-corrected chi connectivity index (χ1v) is 9.04. The standard InChI is InChI=1S/C15H22N2O3S.ClH/c16-10-12-5-6-15-13(9-12)3-1-7-17(15)21(18,19)14-4-2-8-20-11-14;/h5-6,9,14H,1-4,7-8,10-11,16H2;1H. The third-order valence-electron chi connectivity index (χ3n) is 4.30. The van der Waals surface area contributed by atoms with Crippen LogP contribution in [-0.4, -0.2) is 33.4 Å². The van der Waals surface area contributed by atoms with Gasteiger partial charge in [0.1, 0.15) is 5.25 Å². The number of halogens is 1. The molecule has 3 rings (SSSR count). The molecule has 2 aliphatic rings. The molecular formula is C15H23ClN2O3S. The quantitative estimate of drug-likeness (QED) is 0.906. The number of nitrogens with zero attached hydrogens (tertiary/aromatic N) is 1. The van der Waals surface area contributed by atoms with Gasteiger partial charge in [0.05, 0.1) is 12.3 Å². The largest absolute Gasteiger partial charge is 0.380 e. The van der Waals surface area contributed by atoms with Crippen LogP contribution in [-0.2, 0) is 27.7 Å². The highest BCUT2D eigenvalue weighted by molar-refractivity contribution is 7.93. The summed E-state index contributed by atoms with van der Waals surface area (Å²) in [5, 5.41) is -0.411. The molecule has 1 aromatic carbocycles. The van der Waals surface area contributed by atoms with Crippen LogP contribution in [0.4, 0.5) is 5.69 Å². The lowest BCUT2D eigenvalue weighted by Gasteiger charge is -2.35. The number of aryl methyl sites for hydroxylation is 1. The Bertz CT molecular complexity index is 615. The van der Waals surface area contributed by atoms with Crippen molar-refractivity contribution in [3.63, 3.8) is 0 Å². The van der Waals surface area contributed by atoms with E-state index in [0.29, 0.717) is 32.7 Å². The highest BCUT2D eigenvalue weighted by Gasteiger charge is 2.35. The minimum absolute atomic E-state index is 0. The minimum Gasteiger partial charge on any atom is -0.380 e. The van der Waals surface area contributed by atoms with Crippen LogP contribution in [0.25, 0.3) is 0 Å². The number of sulfonamides is 1. The zero-order valence-electron chi connectivity index (χ0n) is 12.5. The van der Waals surface area contributed by atoms with Crippen molar-refractivity contribution in [3.8, 4) is 0 Å². The summed E-state index contributed by atoms with van der Waals surface area (Å²) in [5.41, 5.74) is 8.63. The fraction of sp³-hybridized carbons (Fsp3) is 0.600. The van der Waals surface area contributed by atoms with Crippen molar-refractivity contribution in [1.82, 2.24) is 0 Å². The van der Waals surface area contributed by atoms with E-state index in [0.717, 1.165) is 36.1 Å². The maximum atomic E-state index is 12.9. The molecule has 2 aliphatic heterocycles. The molecule has 0 spiro atoms. The van der Waals surface area contributed by atoms with E-state index in [1.165, 1.54) is 0 Å². The molecule has 1 unspecified atom stereocenters. The Hall–Kier alpha value is -0.820. The average molecular weight is 347 g/mol. The Kier molecular flexibility index (Phi) is 5.71. The van der Waals surface area contributed by atoms with Gasteiger partial charge in [0.25, 0.3) is 0 Å². The van der Waals surface area contributed by atoms with Gasteiger partial charge in [0, 0.05) is 19.7 Å². The van der Waals surface area contributed by atoms with Gasteiger partial charge < -0.3 is 10.5 Å². The van der Waals surface area contributed by atoms with Gasteiger partial charge in [-0.2, -0.15) is 0 Å². The number of hydrogen-bond acceptors (Lipinski definition) is 4. The Balaban J connectivity index is 0.00000176. The second-order valence-electron chi connectivity index (χ2n) is 5.73. The van der Waals surface area contributed by atoms with Crippen LogP contribution in [0.2, 0.25) is 0 Å². The van der Waals surface area contributed by atoms with Crippen molar-refractivity contribution in [1.29, 1.82) is 0 Å². The zero-order valence-corrected chi connectivity index (χ0v) is 14.2. The van der Waals surface area contributed by atoms with E-state index in [1.807, 2.05) is 18.2 Å². The molecule has 1 atom stereocenters. The van der Waals surface area contributed by atoms with Crippen molar-refractivity contribution in [2.45, 2.75) is 37.5 Å². The molecule has 2 heterocycles. The summed E-state index contributed by atoms with van der Waals surface area (Å²) in [6.45, 7) is 2.03. The number of ether oxygens (including phenoxy) is 1.